The van der Waals surface area contributed by atoms with E-state index in [1.807, 2.05) is 18.2 Å². The second-order valence-electron chi connectivity index (χ2n) is 5.36. The van der Waals surface area contributed by atoms with Gasteiger partial charge in [0.05, 0.1) is 19.8 Å². The van der Waals surface area contributed by atoms with Gasteiger partial charge in [-0.25, -0.2) is 0 Å². The van der Waals surface area contributed by atoms with Crippen LogP contribution in [-0.4, -0.2) is 20.0 Å². The predicted molar refractivity (Wildman–Crippen MR) is 75.0 cm³/mol. The van der Waals surface area contributed by atoms with Crippen molar-refractivity contribution in [3.8, 4) is 11.5 Å². The van der Waals surface area contributed by atoms with Crippen LogP contribution in [0.4, 0.5) is 0 Å². The molecule has 104 valence electrons. The van der Waals surface area contributed by atoms with E-state index in [2.05, 4.69) is 6.92 Å². The van der Waals surface area contributed by atoms with Gasteiger partial charge >= 0.3 is 0 Å². The Labute approximate surface area is 114 Å². The largest absolute Gasteiger partial charge is 0.493 e. The van der Waals surface area contributed by atoms with Crippen molar-refractivity contribution in [1.29, 1.82) is 0 Å². The number of rotatable bonds is 4. The summed E-state index contributed by atoms with van der Waals surface area (Å²) in [6.45, 7) is 2.26. The molecule has 0 spiro atoms. The standard InChI is InChI=1S/C16H22O3/c1-11-7-9-12(10-8-11)15(17)13-5-4-6-14(18-2)16(13)19-3/h4-6,11-12H,7-10H2,1-3H3. The van der Waals surface area contributed by atoms with Gasteiger partial charge in [-0.05, 0) is 30.9 Å². The van der Waals surface area contributed by atoms with Gasteiger partial charge in [-0.3, -0.25) is 4.79 Å². The van der Waals surface area contributed by atoms with Crippen molar-refractivity contribution >= 4 is 5.78 Å². The second kappa shape index (κ2) is 6.09. The van der Waals surface area contributed by atoms with E-state index in [9.17, 15) is 4.79 Å². The molecule has 2 rings (SSSR count). The average molecular weight is 262 g/mol. The lowest BCUT2D eigenvalue weighted by atomic mass is 9.79. The highest BCUT2D eigenvalue weighted by atomic mass is 16.5. The molecule has 1 saturated carbocycles. The van der Waals surface area contributed by atoms with E-state index in [-0.39, 0.29) is 11.7 Å². The molecule has 1 aliphatic carbocycles. The first-order valence-corrected chi connectivity index (χ1v) is 6.92. The van der Waals surface area contributed by atoms with Crippen LogP contribution in [0.25, 0.3) is 0 Å². The van der Waals surface area contributed by atoms with Crippen LogP contribution in [0.1, 0.15) is 43.0 Å². The molecule has 0 heterocycles. The molecule has 0 unspecified atom stereocenters. The van der Waals surface area contributed by atoms with Gasteiger partial charge in [0.15, 0.2) is 17.3 Å². The lowest BCUT2D eigenvalue weighted by Crippen LogP contribution is -2.21. The molecular weight excluding hydrogens is 240 g/mol. The minimum absolute atomic E-state index is 0.136. The topological polar surface area (TPSA) is 35.5 Å². The molecule has 3 nitrogen and oxygen atoms in total. The highest BCUT2D eigenvalue weighted by Crippen LogP contribution is 2.36. The van der Waals surface area contributed by atoms with Crippen molar-refractivity contribution in [3.05, 3.63) is 23.8 Å². The van der Waals surface area contributed by atoms with E-state index in [0.717, 1.165) is 31.6 Å². The average Bonchev–Trinajstić information content (AvgIpc) is 2.46. The summed E-state index contributed by atoms with van der Waals surface area (Å²) >= 11 is 0. The minimum atomic E-state index is 0.136. The number of ether oxygens (including phenoxy) is 2. The predicted octanol–water partition coefficient (Wildman–Crippen LogP) is 3.71. The first-order chi connectivity index (χ1) is 9.17. The Balaban J connectivity index is 2.23. The molecule has 0 atom stereocenters. The molecule has 3 heteroatoms. The lowest BCUT2D eigenvalue weighted by Gasteiger charge is -2.25. The molecule has 0 aliphatic heterocycles. The fourth-order valence-electron chi connectivity index (χ4n) is 2.82. The Bertz CT molecular complexity index is 445. The number of hydrogen-bond donors (Lipinski definition) is 0. The Hall–Kier alpha value is -1.51. The molecule has 1 aliphatic rings. The van der Waals surface area contributed by atoms with Gasteiger partial charge in [-0.1, -0.05) is 25.8 Å². The summed E-state index contributed by atoms with van der Waals surface area (Å²) in [5.41, 5.74) is 0.654. The summed E-state index contributed by atoms with van der Waals surface area (Å²) in [6, 6.07) is 5.50. The van der Waals surface area contributed by atoms with Crippen molar-refractivity contribution in [2.45, 2.75) is 32.6 Å². The van der Waals surface area contributed by atoms with Crippen LogP contribution in [0, 0.1) is 11.8 Å². The maximum absolute atomic E-state index is 12.6. The zero-order valence-corrected chi connectivity index (χ0v) is 11.9. The normalized spacial score (nSPS) is 22.9. The number of hydrogen-bond acceptors (Lipinski definition) is 3. The number of benzene rings is 1. The van der Waals surface area contributed by atoms with Crippen molar-refractivity contribution in [1.82, 2.24) is 0 Å². The van der Waals surface area contributed by atoms with Gasteiger partial charge in [0, 0.05) is 5.92 Å². The molecule has 1 aromatic carbocycles. The third-order valence-electron chi connectivity index (χ3n) is 4.06. The fraction of sp³-hybridized carbons (Fsp3) is 0.562. The Kier molecular flexibility index (Phi) is 4.46. The number of carbonyl (C=O) groups excluding carboxylic acids is 1. The monoisotopic (exact) mass is 262 g/mol. The maximum atomic E-state index is 12.6. The van der Waals surface area contributed by atoms with Crippen LogP contribution in [0.5, 0.6) is 11.5 Å². The van der Waals surface area contributed by atoms with Crippen LogP contribution in [0.3, 0.4) is 0 Å². The van der Waals surface area contributed by atoms with E-state index in [0.29, 0.717) is 17.1 Å². The second-order valence-corrected chi connectivity index (χ2v) is 5.36. The van der Waals surface area contributed by atoms with Crippen LogP contribution in [0.2, 0.25) is 0 Å². The minimum Gasteiger partial charge on any atom is -0.493 e. The molecule has 1 fully saturated rings. The highest BCUT2D eigenvalue weighted by Gasteiger charge is 2.27. The molecule has 19 heavy (non-hydrogen) atoms. The highest BCUT2D eigenvalue weighted by molar-refractivity contribution is 6.01. The number of para-hydroxylation sites is 1. The van der Waals surface area contributed by atoms with Gasteiger partial charge in [0.2, 0.25) is 0 Å². The number of methoxy groups -OCH3 is 2. The van der Waals surface area contributed by atoms with Crippen molar-refractivity contribution in [2.75, 3.05) is 14.2 Å². The first kappa shape index (κ1) is 13.9. The van der Waals surface area contributed by atoms with E-state index in [1.165, 1.54) is 0 Å². The zero-order valence-electron chi connectivity index (χ0n) is 11.9. The van der Waals surface area contributed by atoms with Gasteiger partial charge < -0.3 is 9.47 Å². The van der Waals surface area contributed by atoms with E-state index >= 15 is 0 Å². The molecule has 0 bridgehead atoms. The van der Waals surface area contributed by atoms with E-state index in [1.54, 1.807) is 14.2 Å². The zero-order chi connectivity index (χ0) is 13.8. The SMILES string of the molecule is COc1cccc(C(=O)C2CCC(C)CC2)c1OC. The fourth-order valence-corrected chi connectivity index (χ4v) is 2.82. The van der Waals surface area contributed by atoms with Crippen LogP contribution >= 0.6 is 0 Å². The quantitative estimate of drug-likeness (QED) is 0.776. The summed E-state index contributed by atoms with van der Waals surface area (Å²) in [6.07, 6.45) is 4.26. The molecular formula is C16H22O3. The maximum Gasteiger partial charge on any atom is 0.171 e. The molecule has 0 saturated heterocycles. The van der Waals surface area contributed by atoms with Gasteiger partial charge in [0.1, 0.15) is 0 Å². The van der Waals surface area contributed by atoms with E-state index < -0.39 is 0 Å². The Morgan fingerprint density at radius 1 is 1.11 bits per heavy atom. The summed E-state index contributed by atoms with van der Waals surface area (Å²) in [7, 11) is 3.17. The summed E-state index contributed by atoms with van der Waals surface area (Å²) in [5, 5.41) is 0. The van der Waals surface area contributed by atoms with Crippen LogP contribution in [-0.2, 0) is 0 Å². The van der Waals surface area contributed by atoms with Crippen molar-refractivity contribution in [2.24, 2.45) is 11.8 Å². The molecule has 0 N–H and O–H groups in total. The smallest absolute Gasteiger partial charge is 0.171 e. The summed E-state index contributed by atoms with van der Waals surface area (Å²) < 4.78 is 10.6. The number of carbonyl (C=O) groups is 1. The van der Waals surface area contributed by atoms with Gasteiger partial charge in [-0.2, -0.15) is 0 Å². The van der Waals surface area contributed by atoms with Crippen molar-refractivity contribution < 1.29 is 14.3 Å². The Morgan fingerprint density at radius 2 is 1.79 bits per heavy atom. The Morgan fingerprint density at radius 3 is 2.37 bits per heavy atom. The third kappa shape index (κ3) is 2.91. The molecule has 0 amide bonds. The number of Topliss-reactive ketones (excluding diaryl/α,β-unsaturated/α-hetero) is 1. The van der Waals surface area contributed by atoms with E-state index in [4.69, 9.17) is 9.47 Å². The molecule has 0 aromatic heterocycles. The molecule has 1 aromatic rings. The number of ketones is 1. The lowest BCUT2D eigenvalue weighted by molar-refractivity contribution is 0.0872. The summed E-state index contributed by atoms with van der Waals surface area (Å²) in [5.74, 6) is 2.27. The third-order valence-corrected chi connectivity index (χ3v) is 4.06. The van der Waals surface area contributed by atoms with Gasteiger partial charge in [-0.15, -0.1) is 0 Å². The van der Waals surface area contributed by atoms with Crippen LogP contribution in [0.15, 0.2) is 18.2 Å². The first-order valence-electron chi connectivity index (χ1n) is 6.92. The van der Waals surface area contributed by atoms with Crippen LogP contribution < -0.4 is 9.47 Å². The van der Waals surface area contributed by atoms with Gasteiger partial charge in [0.25, 0.3) is 0 Å². The summed E-state index contributed by atoms with van der Waals surface area (Å²) in [4.78, 5) is 12.6. The van der Waals surface area contributed by atoms with Crippen molar-refractivity contribution in [3.63, 3.8) is 0 Å². The molecule has 0 radical (unpaired) electrons.